The van der Waals surface area contributed by atoms with Crippen LogP contribution in [0.15, 0.2) is 18.2 Å². The molecule has 2 amide bonds. The summed E-state index contributed by atoms with van der Waals surface area (Å²) in [5, 5.41) is 14.1. The van der Waals surface area contributed by atoms with Crippen LogP contribution >= 0.6 is 11.6 Å². The maximum absolute atomic E-state index is 12.9. The van der Waals surface area contributed by atoms with Gasteiger partial charge in [0.2, 0.25) is 5.91 Å². The first-order valence-corrected chi connectivity index (χ1v) is 7.45. The van der Waals surface area contributed by atoms with Gasteiger partial charge in [-0.2, -0.15) is 0 Å². The van der Waals surface area contributed by atoms with Gasteiger partial charge in [-0.05, 0) is 38.0 Å². The summed E-state index contributed by atoms with van der Waals surface area (Å²) >= 11 is 5.78. The second-order valence-electron chi connectivity index (χ2n) is 4.96. The Bertz CT molecular complexity index is 526. The summed E-state index contributed by atoms with van der Waals surface area (Å²) in [6.45, 7) is 2.10. The predicted molar refractivity (Wildman–Crippen MR) is 82.3 cm³/mol. The zero-order chi connectivity index (χ0) is 16.5. The molecule has 0 aliphatic heterocycles. The molecule has 0 aliphatic rings. The van der Waals surface area contributed by atoms with E-state index in [2.05, 4.69) is 10.6 Å². The van der Waals surface area contributed by atoms with E-state index in [9.17, 15) is 14.0 Å². The molecule has 22 heavy (non-hydrogen) atoms. The van der Waals surface area contributed by atoms with E-state index in [0.29, 0.717) is 12.8 Å². The van der Waals surface area contributed by atoms with Crippen molar-refractivity contribution in [2.75, 3.05) is 13.2 Å². The summed E-state index contributed by atoms with van der Waals surface area (Å²) in [4.78, 5) is 23.5. The second kappa shape index (κ2) is 9.38. The minimum Gasteiger partial charge on any atom is -0.396 e. The average molecular weight is 331 g/mol. The lowest BCUT2D eigenvalue weighted by atomic mass is 10.2. The smallest absolute Gasteiger partial charge is 0.252 e. The molecule has 5 nitrogen and oxygen atoms in total. The van der Waals surface area contributed by atoms with E-state index in [1.54, 1.807) is 0 Å². The number of nitrogens with one attached hydrogen (secondary N) is 2. The van der Waals surface area contributed by atoms with Crippen LogP contribution in [0.2, 0.25) is 5.02 Å². The quantitative estimate of drug-likeness (QED) is 0.681. The third kappa shape index (κ3) is 6.41. The molecule has 0 saturated carbocycles. The van der Waals surface area contributed by atoms with Gasteiger partial charge < -0.3 is 15.7 Å². The Kier molecular flexibility index (Phi) is 7.84. The van der Waals surface area contributed by atoms with Crippen molar-refractivity contribution in [2.45, 2.75) is 32.2 Å². The number of carbonyl (C=O) groups excluding carboxylic acids is 2. The Labute approximate surface area is 133 Å². The number of halogens is 2. The minimum absolute atomic E-state index is 0.0260. The third-order valence-electron chi connectivity index (χ3n) is 3.02. The van der Waals surface area contributed by atoms with E-state index < -0.39 is 11.7 Å². The molecule has 1 aromatic rings. The summed E-state index contributed by atoms with van der Waals surface area (Å²) in [6, 6.07) is 3.48. The number of carbonyl (C=O) groups is 2. The highest BCUT2D eigenvalue weighted by atomic mass is 35.5. The SMILES string of the molecule is CC(CCCO)NC(=O)CCNC(=O)c1ccc(F)cc1Cl. The number of rotatable bonds is 8. The van der Waals surface area contributed by atoms with Gasteiger partial charge in [-0.3, -0.25) is 9.59 Å². The lowest BCUT2D eigenvalue weighted by Crippen LogP contribution is -2.35. The van der Waals surface area contributed by atoms with Crippen LogP contribution in [0.3, 0.4) is 0 Å². The summed E-state index contributed by atoms with van der Waals surface area (Å²) < 4.78 is 12.9. The van der Waals surface area contributed by atoms with Gasteiger partial charge in [0.05, 0.1) is 10.6 Å². The normalized spacial score (nSPS) is 11.8. The minimum atomic E-state index is -0.516. The molecule has 0 heterocycles. The highest BCUT2D eigenvalue weighted by molar-refractivity contribution is 6.33. The van der Waals surface area contributed by atoms with Gasteiger partial charge >= 0.3 is 0 Å². The summed E-state index contributed by atoms with van der Waals surface area (Å²) in [5.74, 6) is -1.15. The Hall–Kier alpha value is -1.66. The molecular weight excluding hydrogens is 311 g/mol. The molecule has 0 fully saturated rings. The van der Waals surface area contributed by atoms with Crippen LogP contribution in [0.5, 0.6) is 0 Å². The molecule has 0 radical (unpaired) electrons. The highest BCUT2D eigenvalue weighted by Gasteiger charge is 2.12. The monoisotopic (exact) mass is 330 g/mol. The Morgan fingerprint density at radius 1 is 1.41 bits per heavy atom. The zero-order valence-electron chi connectivity index (χ0n) is 12.4. The topological polar surface area (TPSA) is 78.4 Å². The number of aliphatic hydroxyl groups excluding tert-OH is 1. The van der Waals surface area contributed by atoms with Crippen molar-refractivity contribution in [1.29, 1.82) is 0 Å². The number of hydrogen-bond acceptors (Lipinski definition) is 3. The number of amides is 2. The number of hydrogen-bond donors (Lipinski definition) is 3. The second-order valence-corrected chi connectivity index (χ2v) is 5.37. The molecule has 122 valence electrons. The molecule has 0 saturated heterocycles. The first kappa shape index (κ1) is 18.4. The lowest BCUT2D eigenvalue weighted by molar-refractivity contribution is -0.121. The highest BCUT2D eigenvalue weighted by Crippen LogP contribution is 2.16. The van der Waals surface area contributed by atoms with Crippen LogP contribution in [0.1, 0.15) is 36.5 Å². The fourth-order valence-electron chi connectivity index (χ4n) is 1.88. The van der Waals surface area contributed by atoms with Gasteiger partial charge in [0.15, 0.2) is 0 Å². The van der Waals surface area contributed by atoms with Gasteiger partial charge in [0.25, 0.3) is 5.91 Å². The summed E-state index contributed by atoms with van der Waals surface area (Å²) in [5.41, 5.74) is 0.166. The Morgan fingerprint density at radius 2 is 2.14 bits per heavy atom. The third-order valence-corrected chi connectivity index (χ3v) is 3.33. The van der Waals surface area contributed by atoms with E-state index >= 15 is 0 Å². The molecule has 0 aliphatic carbocycles. The Morgan fingerprint density at radius 3 is 2.77 bits per heavy atom. The molecular formula is C15H20ClFN2O3. The van der Waals surface area contributed by atoms with Crippen molar-refractivity contribution in [1.82, 2.24) is 10.6 Å². The zero-order valence-corrected chi connectivity index (χ0v) is 13.1. The van der Waals surface area contributed by atoms with Crippen molar-refractivity contribution < 1.29 is 19.1 Å². The molecule has 0 spiro atoms. The number of aliphatic hydroxyl groups is 1. The molecule has 3 N–H and O–H groups in total. The molecule has 1 atom stereocenters. The first-order chi connectivity index (χ1) is 10.4. The standard InChI is InChI=1S/C15H20ClFN2O3/c1-10(3-2-8-20)19-14(21)6-7-18-15(22)12-5-4-11(17)9-13(12)16/h4-5,9-10,20H,2-3,6-8H2,1H3,(H,18,22)(H,19,21). The van der Waals surface area contributed by atoms with Crippen LogP contribution in [-0.2, 0) is 4.79 Å². The van der Waals surface area contributed by atoms with Gasteiger partial charge in [0, 0.05) is 25.6 Å². The van der Waals surface area contributed by atoms with Crippen molar-refractivity contribution in [2.24, 2.45) is 0 Å². The molecule has 1 rings (SSSR count). The van der Waals surface area contributed by atoms with Crippen LogP contribution in [0.4, 0.5) is 4.39 Å². The van der Waals surface area contributed by atoms with Crippen LogP contribution in [-0.4, -0.2) is 36.1 Å². The first-order valence-electron chi connectivity index (χ1n) is 7.07. The molecule has 0 bridgehead atoms. The summed E-state index contributed by atoms with van der Waals surface area (Å²) in [7, 11) is 0. The average Bonchev–Trinajstić information content (AvgIpc) is 2.44. The predicted octanol–water partition coefficient (Wildman–Crippen LogP) is 1.88. The van der Waals surface area contributed by atoms with E-state index in [4.69, 9.17) is 16.7 Å². The van der Waals surface area contributed by atoms with E-state index in [1.165, 1.54) is 6.07 Å². The van der Waals surface area contributed by atoms with Gasteiger partial charge in [-0.25, -0.2) is 4.39 Å². The lowest BCUT2D eigenvalue weighted by Gasteiger charge is -2.13. The fourth-order valence-corrected chi connectivity index (χ4v) is 2.13. The van der Waals surface area contributed by atoms with Crippen molar-refractivity contribution in [3.05, 3.63) is 34.6 Å². The van der Waals surface area contributed by atoms with Gasteiger partial charge in [-0.15, -0.1) is 0 Å². The molecule has 7 heteroatoms. The molecule has 1 aromatic carbocycles. The number of benzene rings is 1. The van der Waals surface area contributed by atoms with Crippen molar-refractivity contribution >= 4 is 23.4 Å². The van der Waals surface area contributed by atoms with E-state index in [-0.39, 0.29) is 42.1 Å². The largest absolute Gasteiger partial charge is 0.396 e. The Balaban J connectivity index is 2.34. The maximum Gasteiger partial charge on any atom is 0.252 e. The van der Waals surface area contributed by atoms with Gasteiger partial charge in [-0.1, -0.05) is 11.6 Å². The molecule has 0 aromatic heterocycles. The van der Waals surface area contributed by atoms with E-state index in [0.717, 1.165) is 12.1 Å². The fraction of sp³-hybridized carbons (Fsp3) is 0.467. The van der Waals surface area contributed by atoms with Crippen LogP contribution in [0, 0.1) is 5.82 Å². The maximum atomic E-state index is 12.9. The van der Waals surface area contributed by atoms with Crippen molar-refractivity contribution in [3.63, 3.8) is 0 Å². The van der Waals surface area contributed by atoms with Crippen molar-refractivity contribution in [3.8, 4) is 0 Å². The van der Waals surface area contributed by atoms with E-state index in [1.807, 2.05) is 6.92 Å². The molecule has 1 unspecified atom stereocenters. The van der Waals surface area contributed by atoms with Crippen LogP contribution in [0.25, 0.3) is 0 Å². The van der Waals surface area contributed by atoms with Crippen LogP contribution < -0.4 is 10.6 Å². The summed E-state index contributed by atoms with van der Waals surface area (Å²) in [6.07, 6.45) is 1.45. The van der Waals surface area contributed by atoms with Gasteiger partial charge in [0.1, 0.15) is 5.82 Å².